The maximum absolute atomic E-state index is 12.4. The highest BCUT2D eigenvalue weighted by atomic mass is 16.7. The van der Waals surface area contributed by atoms with Crippen LogP contribution >= 0.6 is 0 Å². The Balaban J connectivity index is 1.56. The van der Waals surface area contributed by atoms with Crippen LogP contribution in [0.25, 0.3) is 0 Å². The molecule has 0 aromatic heterocycles. The zero-order valence-corrected chi connectivity index (χ0v) is 18.8. The second-order valence-corrected chi connectivity index (χ2v) is 9.94. The Bertz CT molecular complexity index is 710. The van der Waals surface area contributed by atoms with Crippen molar-refractivity contribution < 1.29 is 23.6 Å². The third-order valence-corrected chi connectivity index (χ3v) is 5.85. The van der Waals surface area contributed by atoms with E-state index in [1.807, 2.05) is 72.7 Å². The third kappa shape index (κ3) is 5.07. The van der Waals surface area contributed by atoms with Crippen LogP contribution in [0.15, 0.2) is 24.3 Å². The van der Waals surface area contributed by atoms with Crippen molar-refractivity contribution in [1.82, 2.24) is 4.90 Å². The zero-order chi connectivity index (χ0) is 21.4. The van der Waals surface area contributed by atoms with E-state index < -0.39 is 5.60 Å². The lowest BCUT2D eigenvalue weighted by Crippen LogP contribution is -2.42. The Kier molecular flexibility index (Phi) is 5.94. The van der Waals surface area contributed by atoms with Crippen molar-refractivity contribution in [1.29, 1.82) is 0 Å². The van der Waals surface area contributed by atoms with Crippen LogP contribution in [-0.2, 0) is 14.0 Å². The summed E-state index contributed by atoms with van der Waals surface area (Å²) in [6, 6.07) is 7.82. The van der Waals surface area contributed by atoms with Gasteiger partial charge in [-0.3, -0.25) is 0 Å². The van der Waals surface area contributed by atoms with Gasteiger partial charge in [0.25, 0.3) is 0 Å². The number of hydrogen-bond acceptors (Lipinski definition) is 5. The first-order valence-electron chi connectivity index (χ1n) is 10.5. The summed E-state index contributed by atoms with van der Waals surface area (Å²) in [7, 11) is -0.383. The molecule has 2 fully saturated rings. The predicted molar refractivity (Wildman–Crippen MR) is 114 cm³/mol. The van der Waals surface area contributed by atoms with Gasteiger partial charge in [0, 0.05) is 6.54 Å². The summed E-state index contributed by atoms with van der Waals surface area (Å²) in [5.74, 6) is 0.765. The lowest BCUT2D eigenvalue weighted by Gasteiger charge is -2.32. The quantitative estimate of drug-likeness (QED) is 0.717. The molecule has 1 amide bonds. The Morgan fingerprint density at radius 2 is 1.72 bits per heavy atom. The van der Waals surface area contributed by atoms with Gasteiger partial charge in [0.05, 0.1) is 17.2 Å². The van der Waals surface area contributed by atoms with E-state index in [4.69, 9.17) is 18.8 Å². The third-order valence-electron chi connectivity index (χ3n) is 5.85. The Labute approximate surface area is 175 Å². The Morgan fingerprint density at radius 3 is 2.28 bits per heavy atom. The van der Waals surface area contributed by atoms with Crippen molar-refractivity contribution in [2.75, 3.05) is 13.2 Å². The van der Waals surface area contributed by atoms with E-state index in [2.05, 4.69) is 0 Å². The van der Waals surface area contributed by atoms with Gasteiger partial charge in [-0.1, -0.05) is 12.1 Å². The Morgan fingerprint density at radius 1 is 1.14 bits per heavy atom. The largest absolute Gasteiger partial charge is 0.494 e. The number of amides is 1. The number of hydrogen-bond donors (Lipinski definition) is 0. The van der Waals surface area contributed by atoms with E-state index >= 15 is 0 Å². The molecule has 2 aliphatic rings. The summed E-state index contributed by atoms with van der Waals surface area (Å²) in [6.45, 7) is 15.0. The molecule has 0 spiro atoms. The molecule has 1 aromatic carbocycles. The van der Waals surface area contributed by atoms with Gasteiger partial charge in [0.15, 0.2) is 0 Å². The average molecular weight is 403 g/mol. The van der Waals surface area contributed by atoms with E-state index in [0.29, 0.717) is 13.2 Å². The molecule has 2 saturated heterocycles. The van der Waals surface area contributed by atoms with E-state index in [-0.39, 0.29) is 30.5 Å². The molecule has 1 atom stereocenters. The fraction of sp³-hybridized carbons (Fsp3) is 0.682. The second-order valence-electron chi connectivity index (χ2n) is 9.94. The van der Waals surface area contributed by atoms with Crippen LogP contribution in [0, 0.1) is 0 Å². The van der Waals surface area contributed by atoms with Crippen LogP contribution in [0.5, 0.6) is 5.75 Å². The maximum atomic E-state index is 12.4. The second kappa shape index (κ2) is 7.84. The molecule has 2 heterocycles. The van der Waals surface area contributed by atoms with Crippen LogP contribution in [0.1, 0.15) is 61.3 Å². The molecule has 0 saturated carbocycles. The molecule has 2 aliphatic heterocycles. The minimum absolute atomic E-state index is 0.0348. The number of likely N-dealkylation sites (tertiary alicyclic amines) is 1. The summed E-state index contributed by atoms with van der Waals surface area (Å²) in [5, 5.41) is 0. The summed E-state index contributed by atoms with van der Waals surface area (Å²) < 4.78 is 23.7. The van der Waals surface area contributed by atoms with E-state index in [9.17, 15) is 4.79 Å². The first-order valence-corrected chi connectivity index (χ1v) is 10.5. The van der Waals surface area contributed by atoms with Crippen LogP contribution in [-0.4, -0.2) is 54.1 Å². The van der Waals surface area contributed by atoms with Gasteiger partial charge in [0.1, 0.15) is 18.0 Å². The summed E-state index contributed by atoms with van der Waals surface area (Å²) >= 11 is 0. The molecule has 0 bridgehead atoms. The number of ether oxygens (including phenoxy) is 2. The molecule has 0 aliphatic carbocycles. The number of rotatable bonds is 4. The summed E-state index contributed by atoms with van der Waals surface area (Å²) in [6.07, 6.45) is 1.62. The van der Waals surface area contributed by atoms with Gasteiger partial charge >= 0.3 is 13.2 Å². The summed E-state index contributed by atoms with van der Waals surface area (Å²) in [4.78, 5) is 14.2. The van der Waals surface area contributed by atoms with Crippen LogP contribution in [0.4, 0.5) is 4.79 Å². The molecule has 160 valence electrons. The van der Waals surface area contributed by atoms with Crippen LogP contribution in [0.3, 0.4) is 0 Å². The monoisotopic (exact) mass is 403 g/mol. The van der Waals surface area contributed by atoms with Crippen molar-refractivity contribution in [3.8, 4) is 5.75 Å². The molecule has 7 heteroatoms. The highest BCUT2D eigenvalue weighted by Crippen LogP contribution is 2.36. The van der Waals surface area contributed by atoms with Gasteiger partial charge in [-0.15, -0.1) is 0 Å². The molecule has 0 unspecified atom stereocenters. The molecule has 6 nitrogen and oxygen atoms in total. The average Bonchev–Trinajstić information content (AvgIpc) is 3.14. The normalized spacial score (nSPS) is 23.3. The van der Waals surface area contributed by atoms with Gasteiger partial charge in [-0.05, 0) is 78.9 Å². The minimum Gasteiger partial charge on any atom is -0.491 e. The van der Waals surface area contributed by atoms with Crippen LogP contribution < -0.4 is 10.2 Å². The van der Waals surface area contributed by atoms with Crippen LogP contribution in [0.2, 0.25) is 0 Å². The smallest absolute Gasteiger partial charge is 0.491 e. The topological polar surface area (TPSA) is 57.2 Å². The van der Waals surface area contributed by atoms with E-state index in [1.54, 1.807) is 4.90 Å². The van der Waals surface area contributed by atoms with Gasteiger partial charge < -0.3 is 23.7 Å². The van der Waals surface area contributed by atoms with E-state index in [1.165, 1.54) is 0 Å². The number of benzene rings is 1. The molecular formula is C22H34BNO5. The number of carbonyl (C=O) groups excluding carboxylic acids is 1. The van der Waals surface area contributed by atoms with Crippen molar-refractivity contribution in [3.05, 3.63) is 24.3 Å². The highest BCUT2D eigenvalue weighted by Gasteiger charge is 2.51. The molecule has 29 heavy (non-hydrogen) atoms. The van der Waals surface area contributed by atoms with Crippen molar-refractivity contribution in [3.63, 3.8) is 0 Å². The standard InChI is InChI=1S/C22H34BNO5/c1-20(2,3)27-19(25)24-14-8-9-17(24)15-26-18-12-10-16(11-13-18)23-28-21(4,5)22(6,7)29-23/h10-13,17H,8-9,14-15H2,1-7H3/t17-/m0/s1. The van der Waals surface area contributed by atoms with Crippen molar-refractivity contribution >= 4 is 18.7 Å². The predicted octanol–water partition coefficient (Wildman–Crippen LogP) is 3.76. The number of nitrogens with zero attached hydrogens (tertiary/aromatic N) is 1. The van der Waals surface area contributed by atoms with Gasteiger partial charge in [-0.25, -0.2) is 4.79 Å². The Hall–Kier alpha value is -1.73. The fourth-order valence-corrected chi connectivity index (χ4v) is 3.46. The minimum atomic E-state index is -0.492. The fourth-order valence-electron chi connectivity index (χ4n) is 3.46. The molecule has 3 rings (SSSR count). The maximum Gasteiger partial charge on any atom is 0.494 e. The molecular weight excluding hydrogens is 369 g/mol. The van der Waals surface area contributed by atoms with Gasteiger partial charge in [-0.2, -0.15) is 0 Å². The summed E-state index contributed by atoms with van der Waals surface area (Å²) in [5.41, 5.74) is -0.248. The van der Waals surface area contributed by atoms with E-state index in [0.717, 1.165) is 24.1 Å². The van der Waals surface area contributed by atoms with Crippen molar-refractivity contribution in [2.45, 2.75) is 84.2 Å². The first-order chi connectivity index (χ1) is 13.4. The molecule has 0 N–H and O–H groups in total. The molecule has 0 radical (unpaired) electrons. The van der Waals surface area contributed by atoms with Gasteiger partial charge in [0.2, 0.25) is 0 Å². The molecule has 1 aromatic rings. The lowest BCUT2D eigenvalue weighted by molar-refractivity contribution is 0.00578. The SMILES string of the molecule is CC(C)(C)OC(=O)N1CCC[C@H]1COc1ccc(B2OC(C)(C)C(C)(C)O2)cc1. The number of carbonyl (C=O) groups is 1. The van der Waals surface area contributed by atoms with Crippen molar-refractivity contribution in [2.24, 2.45) is 0 Å². The highest BCUT2D eigenvalue weighted by molar-refractivity contribution is 6.62. The zero-order valence-electron chi connectivity index (χ0n) is 18.8. The first kappa shape index (κ1) is 22.0. The lowest BCUT2D eigenvalue weighted by atomic mass is 9.79.